The molecular formula is C20H23NO5. The summed E-state index contributed by atoms with van der Waals surface area (Å²) in [6, 6.07) is 9.55. The lowest BCUT2D eigenvalue weighted by molar-refractivity contribution is -0.169. The number of rotatable bonds is 4. The monoisotopic (exact) mass is 357 g/mol. The van der Waals surface area contributed by atoms with Crippen molar-refractivity contribution in [2.24, 2.45) is 23.2 Å². The van der Waals surface area contributed by atoms with Crippen molar-refractivity contribution in [1.29, 1.82) is 0 Å². The summed E-state index contributed by atoms with van der Waals surface area (Å²) in [5.41, 5.74) is -0.942. The highest BCUT2D eigenvalue weighted by atomic mass is 16.6. The number of fused-ring (bicyclic) bond motifs is 2. The van der Waals surface area contributed by atoms with Crippen LogP contribution in [-0.4, -0.2) is 43.0 Å². The van der Waals surface area contributed by atoms with Crippen LogP contribution in [0.4, 0.5) is 0 Å². The minimum atomic E-state index is -1.52. The molecule has 0 bridgehead atoms. The second kappa shape index (κ2) is 5.64. The number of ether oxygens (including phenoxy) is 2. The van der Waals surface area contributed by atoms with E-state index in [9.17, 15) is 14.4 Å². The third-order valence-electron chi connectivity index (χ3n) is 6.80. The fraction of sp³-hybridized carbons (Fsp3) is 0.550. The first-order chi connectivity index (χ1) is 12.4. The Morgan fingerprint density at radius 3 is 2.65 bits per heavy atom. The lowest BCUT2D eigenvalue weighted by Gasteiger charge is -2.43. The number of esters is 1. The molecule has 1 aliphatic carbocycles. The first-order valence-electron chi connectivity index (χ1n) is 8.97. The average molecular weight is 357 g/mol. The van der Waals surface area contributed by atoms with Crippen LogP contribution in [-0.2, 0) is 30.3 Å². The molecule has 6 heteroatoms. The molecule has 1 amide bonds. The standard InChI is InChI=1S/C20H23NO5/c1-11-15-14(9-12-7-5-4-6-8-12)21-17(23)20(15,18(24)25-3)13(10-22)16-19(11,2)26-16/h4-8,10-11,13-16H,9H2,1-3H3,(H,21,23)/t11-,13-,14-,15-,16-,19+,20+/m0/s1. The molecule has 26 heavy (non-hydrogen) atoms. The first-order valence-corrected chi connectivity index (χ1v) is 8.97. The Kier molecular flexibility index (Phi) is 3.74. The molecule has 1 aromatic carbocycles. The third kappa shape index (κ3) is 1.99. The summed E-state index contributed by atoms with van der Waals surface area (Å²) in [7, 11) is 1.26. The average Bonchev–Trinajstić information content (AvgIpc) is 3.25. The van der Waals surface area contributed by atoms with Gasteiger partial charge in [0.25, 0.3) is 0 Å². The van der Waals surface area contributed by atoms with Gasteiger partial charge in [0.1, 0.15) is 6.29 Å². The van der Waals surface area contributed by atoms with Crippen LogP contribution in [0.2, 0.25) is 0 Å². The van der Waals surface area contributed by atoms with E-state index in [0.29, 0.717) is 12.7 Å². The van der Waals surface area contributed by atoms with Gasteiger partial charge in [0, 0.05) is 12.0 Å². The minimum absolute atomic E-state index is 0.0736. The highest BCUT2D eigenvalue weighted by Crippen LogP contribution is 2.64. The zero-order valence-corrected chi connectivity index (χ0v) is 15.1. The molecule has 1 saturated carbocycles. The molecule has 3 fully saturated rings. The van der Waals surface area contributed by atoms with E-state index in [1.807, 2.05) is 44.2 Å². The molecule has 6 nitrogen and oxygen atoms in total. The number of epoxide rings is 1. The van der Waals surface area contributed by atoms with Crippen molar-refractivity contribution in [3.63, 3.8) is 0 Å². The topological polar surface area (TPSA) is 85.0 Å². The number of carbonyl (C=O) groups is 3. The molecule has 0 radical (unpaired) electrons. The SMILES string of the molecule is COC(=O)[C@@]12C(=O)N[C@@H](Cc3ccccc3)[C@@H]1[C@H](C)[C@@]1(C)O[C@H]1[C@@H]2C=O. The van der Waals surface area contributed by atoms with Crippen molar-refractivity contribution in [1.82, 2.24) is 5.32 Å². The van der Waals surface area contributed by atoms with Gasteiger partial charge in [-0.2, -0.15) is 0 Å². The van der Waals surface area contributed by atoms with E-state index < -0.39 is 34.9 Å². The molecule has 2 saturated heterocycles. The van der Waals surface area contributed by atoms with Gasteiger partial charge in [0.15, 0.2) is 5.41 Å². The Morgan fingerprint density at radius 1 is 1.35 bits per heavy atom. The molecule has 2 aliphatic heterocycles. The van der Waals surface area contributed by atoms with E-state index in [0.717, 1.165) is 5.56 Å². The van der Waals surface area contributed by atoms with E-state index in [-0.39, 0.29) is 17.9 Å². The lowest BCUT2D eigenvalue weighted by Crippen LogP contribution is -2.59. The highest BCUT2D eigenvalue weighted by molar-refractivity contribution is 6.08. The van der Waals surface area contributed by atoms with E-state index in [4.69, 9.17) is 9.47 Å². The van der Waals surface area contributed by atoms with Gasteiger partial charge >= 0.3 is 5.97 Å². The summed E-state index contributed by atoms with van der Waals surface area (Å²) in [5.74, 6) is -2.34. The van der Waals surface area contributed by atoms with Crippen molar-refractivity contribution in [3.05, 3.63) is 35.9 Å². The Bertz CT molecular complexity index is 765. The summed E-state index contributed by atoms with van der Waals surface area (Å²) in [5, 5.41) is 3.00. The Hall–Kier alpha value is -2.21. The quantitative estimate of drug-likeness (QED) is 0.378. The molecule has 0 unspecified atom stereocenters. The Morgan fingerprint density at radius 2 is 2.04 bits per heavy atom. The highest BCUT2D eigenvalue weighted by Gasteiger charge is 2.80. The van der Waals surface area contributed by atoms with Gasteiger partial charge in [-0.1, -0.05) is 37.3 Å². The molecule has 138 valence electrons. The summed E-state index contributed by atoms with van der Waals surface area (Å²) in [6.07, 6.45) is 0.870. The summed E-state index contributed by atoms with van der Waals surface area (Å²) >= 11 is 0. The maximum absolute atomic E-state index is 13.1. The van der Waals surface area contributed by atoms with Crippen LogP contribution in [0, 0.1) is 23.2 Å². The van der Waals surface area contributed by atoms with Crippen LogP contribution in [0.5, 0.6) is 0 Å². The molecule has 0 spiro atoms. The fourth-order valence-electron chi connectivity index (χ4n) is 5.35. The van der Waals surface area contributed by atoms with Gasteiger partial charge in [-0.25, -0.2) is 0 Å². The number of methoxy groups -OCH3 is 1. The van der Waals surface area contributed by atoms with Crippen LogP contribution in [0.25, 0.3) is 0 Å². The maximum atomic E-state index is 13.1. The fourth-order valence-corrected chi connectivity index (χ4v) is 5.35. The third-order valence-corrected chi connectivity index (χ3v) is 6.80. The van der Waals surface area contributed by atoms with Crippen LogP contribution in [0.1, 0.15) is 19.4 Å². The van der Waals surface area contributed by atoms with Gasteiger partial charge in [-0.15, -0.1) is 0 Å². The predicted octanol–water partition coefficient (Wildman–Crippen LogP) is 1.13. The van der Waals surface area contributed by atoms with E-state index in [1.54, 1.807) is 0 Å². The Balaban J connectivity index is 1.81. The zero-order valence-electron chi connectivity index (χ0n) is 15.1. The minimum Gasteiger partial charge on any atom is -0.468 e. The largest absolute Gasteiger partial charge is 0.468 e. The number of aldehydes is 1. The molecule has 0 aromatic heterocycles. The Labute approximate surface area is 152 Å². The van der Waals surface area contributed by atoms with E-state index in [2.05, 4.69) is 5.32 Å². The van der Waals surface area contributed by atoms with Crippen molar-refractivity contribution in [2.45, 2.75) is 38.0 Å². The van der Waals surface area contributed by atoms with Gasteiger partial charge in [-0.3, -0.25) is 9.59 Å². The van der Waals surface area contributed by atoms with Gasteiger partial charge in [0.05, 0.1) is 24.7 Å². The number of carbonyl (C=O) groups excluding carboxylic acids is 3. The number of nitrogens with one attached hydrogen (secondary N) is 1. The molecule has 7 atom stereocenters. The molecule has 1 N–H and O–H groups in total. The molecule has 1 aromatic rings. The zero-order chi connectivity index (χ0) is 18.7. The lowest BCUT2D eigenvalue weighted by atomic mass is 9.53. The van der Waals surface area contributed by atoms with Gasteiger partial charge in [0.2, 0.25) is 5.91 Å². The molecular weight excluding hydrogens is 334 g/mol. The number of benzene rings is 1. The van der Waals surface area contributed by atoms with E-state index in [1.165, 1.54) is 7.11 Å². The van der Waals surface area contributed by atoms with Crippen molar-refractivity contribution < 1.29 is 23.9 Å². The van der Waals surface area contributed by atoms with Crippen LogP contribution in [0.15, 0.2) is 30.3 Å². The predicted molar refractivity (Wildman–Crippen MR) is 92.0 cm³/mol. The summed E-state index contributed by atoms with van der Waals surface area (Å²) in [4.78, 5) is 37.9. The first kappa shape index (κ1) is 17.2. The molecule has 3 aliphatic rings. The summed E-state index contributed by atoms with van der Waals surface area (Å²) < 4.78 is 10.9. The number of hydrogen-bond donors (Lipinski definition) is 1. The second-order valence-corrected chi connectivity index (χ2v) is 7.83. The normalized spacial score (nSPS) is 43.0. The smallest absolute Gasteiger partial charge is 0.322 e. The summed E-state index contributed by atoms with van der Waals surface area (Å²) in [6.45, 7) is 3.96. The van der Waals surface area contributed by atoms with Crippen molar-refractivity contribution in [3.8, 4) is 0 Å². The van der Waals surface area contributed by atoms with Crippen molar-refractivity contribution >= 4 is 18.2 Å². The number of hydrogen-bond acceptors (Lipinski definition) is 5. The van der Waals surface area contributed by atoms with Crippen LogP contribution in [0.3, 0.4) is 0 Å². The molecule has 2 heterocycles. The van der Waals surface area contributed by atoms with Crippen LogP contribution < -0.4 is 5.32 Å². The van der Waals surface area contributed by atoms with Crippen molar-refractivity contribution in [2.75, 3.05) is 7.11 Å². The maximum Gasteiger partial charge on any atom is 0.322 e. The van der Waals surface area contributed by atoms with Gasteiger partial charge < -0.3 is 19.6 Å². The molecule has 4 rings (SSSR count). The van der Waals surface area contributed by atoms with E-state index >= 15 is 0 Å². The van der Waals surface area contributed by atoms with Gasteiger partial charge in [-0.05, 0) is 24.8 Å². The second-order valence-electron chi connectivity index (χ2n) is 7.83. The van der Waals surface area contributed by atoms with Crippen LogP contribution >= 0.6 is 0 Å². The number of amides is 1.